The van der Waals surface area contributed by atoms with Crippen molar-refractivity contribution in [3.05, 3.63) is 52.7 Å². The highest BCUT2D eigenvalue weighted by atomic mass is 16.2. The number of nitrogens with one attached hydrogen (secondary N) is 1. The van der Waals surface area contributed by atoms with Crippen LogP contribution in [0.1, 0.15) is 25.5 Å². The lowest BCUT2D eigenvalue weighted by Crippen LogP contribution is -2.38. The summed E-state index contributed by atoms with van der Waals surface area (Å²) in [6.45, 7) is 3.86. The minimum Gasteiger partial charge on any atom is -0.320 e. The minimum absolute atomic E-state index is 0.0541. The molecule has 0 spiro atoms. The minimum atomic E-state index is -0.151. The van der Waals surface area contributed by atoms with Gasteiger partial charge in [-0.3, -0.25) is 9.48 Å². The second-order valence-corrected chi connectivity index (χ2v) is 6.14. The summed E-state index contributed by atoms with van der Waals surface area (Å²) in [5, 5.41) is 7.07. The first-order chi connectivity index (χ1) is 12.1. The van der Waals surface area contributed by atoms with Crippen molar-refractivity contribution in [3.8, 4) is 0 Å². The first-order valence-corrected chi connectivity index (χ1v) is 8.52. The normalized spacial score (nSPS) is 14.3. The predicted molar refractivity (Wildman–Crippen MR) is 97.4 cm³/mol. The van der Waals surface area contributed by atoms with E-state index in [2.05, 4.69) is 16.5 Å². The van der Waals surface area contributed by atoms with Gasteiger partial charge in [0.2, 0.25) is 0 Å². The van der Waals surface area contributed by atoms with E-state index in [4.69, 9.17) is 0 Å². The second kappa shape index (κ2) is 7.38. The highest BCUT2D eigenvalue weighted by Crippen LogP contribution is 2.22. The summed E-state index contributed by atoms with van der Waals surface area (Å²) in [4.78, 5) is 26.0. The van der Waals surface area contributed by atoms with E-state index in [0.717, 1.165) is 18.5 Å². The number of aromatic nitrogens is 3. The van der Waals surface area contributed by atoms with Gasteiger partial charge in [0.1, 0.15) is 0 Å². The van der Waals surface area contributed by atoms with Crippen LogP contribution in [0.2, 0.25) is 0 Å². The van der Waals surface area contributed by atoms with Crippen molar-refractivity contribution < 1.29 is 4.79 Å². The highest BCUT2D eigenvalue weighted by molar-refractivity contribution is 5.89. The molecule has 0 saturated heterocycles. The smallest absolute Gasteiger partial charge is 0.320 e. The van der Waals surface area contributed by atoms with Crippen molar-refractivity contribution >= 4 is 17.3 Å². The summed E-state index contributed by atoms with van der Waals surface area (Å²) in [5.41, 5.74) is 2.88. The van der Waals surface area contributed by atoms with Crippen LogP contribution in [0.4, 0.5) is 10.5 Å². The maximum atomic E-state index is 12.5. The van der Waals surface area contributed by atoms with Gasteiger partial charge in [-0.2, -0.15) is 5.10 Å². The molecule has 3 heterocycles. The van der Waals surface area contributed by atoms with Crippen molar-refractivity contribution in [2.24, 2.45) is 7.05 Å². The zero-order valence-corrected chi connectivity index (χ0v) is 14.6. The lowest BCUT2D eigenvalue weighted by molar-refractivity contribution is 0.217. The summed E-state index contributed by atoms with van der Waals surface area (Å²) in [7, 11) is 1.92. The molecule has 0 atom stereocenters. The fraction of sp³-hybridized carbons (Fsp3) is 0.389. The molecule has 0 radical (unpaired) electrons. The van der Waals surface area contributed by atoms with Gasteiger partial charge in [0.25, 0.3) is 5.56 Å². The van der Waals surface area contributed by atoms with E-state index in [1.165, 1.54) is 11.6 Å². The molecule has 2 aromatic heterocycles. The van der Waals surface area contributed by atoms with Gasteiger partial charge in [-0.15, -0.1) is 0 Å². The molecule has 1 aliphatic heterocycles. The number of anilines is 1. The van der Waals surface area contributed by atoms with Gasteiger partial charge in [0.15, 0.2) is 0 Å². The lowest BCUT2D eigenvalue weighted by atomic mass is 10.1. The molecule has 0 fully saturated rings. The standard InChI is InChI=1S/C18H23N5O2/c1-3-10-23-13-15(4-5-17(23)24)20-18(25)22-11-7-14(8-12-22)16-6-9-19-21(16)2/h4-7,9,13H,3,8,10-12H2,1-2H3,(H,20,25). The molecular weight excluding hydrogens is 318 g/mol. The molecule has 0 aromatic carbocycles. The van der Waals surface area contributed by atoms with E-state index in [9.17, 15) is 9.59 Å². The Morgan fingerprint density at radius 1 is 1.32 bits per heavy atom. The van der Waals surface area contributed by atoms with Crippen LogP contribution >= 0.6 is 0 Å². The van der Waals surface area contributed by atoms with Crippen molar-refractivity contribution in [1.29, 1.82) is 0 Å². The number of amides is 2. The Labute approximate surface area is 146 Å². The number of hydrogen-bond donors (Lipinski definition) is 1. The maximum absolute atomic E-state index is 12.5. The van der Waals surface area contributed by atoms with Crippen LogP contribution in [-0.4, -0.2) is 38.4 Å². The number of urea groups is 1. The largest absolute Gasteiger partial charge is 0.322 e. The monoisotopic (exact) mass is 341 g/mol. The molecule has 2 amide bonds. The van der Waals surface area contributed by atoms with E-state index < -0.39 is 0 Å². The fourth-order valence-electron chi connectivity index (χ4n) is 3.00. The number of carbonyl (C=O) groups excluding carboxylic acids is 1. The number of aryl methyl sites for hydroxylation is 2. The van der Waals surface area contributed by atoms with E-state index in [1.807, 2.05) is 24.7 Å². The molecule has 0 saturated carbocycles. The van der Waals surface area contributed by atoms with Crippen LogP contribution in [0.15, 0.2) is 41.5 Å². The Bertz CT molecular complexity index is 849. The second-order valence-electron chi connectivity index (χ2n) is 6.14. The van der Waals surface area contributed by atoms with Crippen LogP contribution in [0.25, 0.3) is 5.57 Å². The number of rotatable bonds is 4. The molecule has 1 N–H and O–H groups in total. The average Bonchev–Trinajstić information content (AvgIpc) is 3.04. The summed E-state index contributed by atoms with van der Waals surface area (Å²) >= 11 is 0. The van der Waals surface area contributed by atoms with E-state index in [0.29, 0.717) is 25.3 Å². The van der Waals surface area contributed by atoms with Gasteiger partial charge in [0, 0.05) is 45.1 Å². The van der Waals surface area contributed by atoms with Gasteiger partial charge in [0.05, 0.1) is 11.4 Å². The fourth-order valence-corrected chi connectivity index (χ4v) is 3.00. The first-order valence-electron chi connectivity index (χ1n) is 8.52. The Morgan fingerprint density at radius 2 is 2.16 bits per heavy atom. The van der Waals surface area contributed by atoms with Crippen LogP contribution in [0.5, 0.6) is 0 Å². The predicted octanol–water partition coefficient (Wildman–Crippen LogP) is 2.31. The third-order valence-corrected chi connectivity index (χ3v) is 4.35. The molecule has 7 nitrogen and oxygen atoms in total. The van der Waals surface area contributed by atoms with Crippen molar-refractivity contribution in [2.45, 2.75) is 26.3 Å². The third kappa shape index (κ3) is 3.81. The summed E-state index contributed by atoms with van der Waals surface area (Å²) in [5.74, 6) is 0. The molecule has 0 unspecified atom stereocenters. The van der Waals surface area contributed by atoms with E-state index >= 15 is 0 Å². The molecule has 2 aromatic rings. The van der Waals surface area contributed by atoms with Crippen LogP contribution in [0, 0.1) is 0 Å². The summed E-state index contributed by atoms with van der Waals surface area (Å²) in [6, 6.07) is 4.97. The summed E-state index contributed by atoms with van der Waals surface area (Å²) in [6.07, 6.45) is 7.20. The zero-order chi connectivity index (χ0) is 17.8. The van der Waals surface area contributed by atoms with Gasteiger partial charge in [-0.25, -0.2) is 4.79 Å². The van der Waals surface area contributed by atoms with Crippen molar-refractivity contribution in [1.82, 2.24) is 19.2 Å². The van der Waals surface area contributed by atoms with Crippen molar-refractivity contribution in [2.75, 3.05) is 18.4 Å². The number of nitrogens with zero attached hydrogens (tertiary/aromatic N) is 4. The summed E-state index contributed by atoms with van der Waals surface area (Å²) < 4.78 is 3.46. The van der Waals surface area contributed by atoms with Crippen molar-refractivity contribution in [3.63, 3.8) is 0 Å². The van der Waals surface area contributed by atoms with Crippen LogP contribution in [-0.2, 0) is 13.6 Å². The first kappa shape index (κ1) is 17.0. The molecule has 7 heteroatoms. The van der Waals surface area contributed by atoms with Gasteiger partial charge in [-0.1, -0.05) is 13.0 Å². The Hall–Kier alpha value is -2.83. The highest BCUT2D eigenvalue weighted by Gasteiger charge is 2.19. The van der Waals surface area contributed by atoms with Gasteiger partial charge < -0.3 is 14.8 Å². The molecule has 0 aliphatic carbocycles. The topological polar surface area (TPSA) is 72.2 Å². The van der Waals surface area contributed by atoms with E-state index in [-0.39, 0.29) is 11.6 Å². The number of hydrogen-bond acceptors (Lipinski definition) is 3. The molecular formula is C18H23N5O2. The molecule has 3 rings (SSSR count). The Kier molecular flexibility index (Phi) is 5.02. The van der Waals surface area contributed by atoms with Gasteiger partial charge in [-0.05, 0) is 30.5 Å². The SMILES string of the molecule is CCCn1cc(NC(=O)N2CC=C(c3ccnn3C)CC2)ccc1=O. The molecule has 0 bridgehead atoms. The molecule has 25 heavy (non-hydrogen) atoms. The Morgan fingerprint density at radius 3 is 2.80 bits per heavy atom. The molecule has 132 valence electrons. The van der Waals surface area contributed by atoms with Crippen LogP contribution in [0.3, 0.4) is 0 Å². The number of pyridine rings is 1. The van der Waals surface area contributed by atoms with E-state index in [1.54, 1.807) is 27.9 Å². The number of carbonyl (C=O) groups is 1. The lowest BCUT2D eigenvalue weighted by Gasteiger charge is -2.26. The Balaban J connectivity index is 1.65. The average molecular weight is 341 g/mol. The zero-order valence-electron chi connectivity index (χ0n) is 14.6. The van der Waals surface area contributed by atoms with Gasteiger partial charge >= 0.3 is 6.03 Å². The van der Waals surface area contributed by atoms with Crippen LogP contribution < -0.4 is 10.9 Å². The maximum Gasteiger partial charge on any atom is 0.322 e. The quantitative estimate of drug-likeness (QED) is 0.927. The third-order valence-electron chi connectivity index (χ3n) is 4.35. The molecule has 1 aliphatic rings.